The summed E-state index contributed by atoms with van der Waals surface area (Å²) in [6.07, 6.45) is 9.47. The summed E-state index contributed by atoms with van der Waals surface area (Å²) in [7, 11) is 0. The summed E-state index contributed by atoms with van der Waals surface area (Å²) in [5.41, 5.74) is 2.19. The standard InChI is InChI=1S/C22H26N4O/c1-15(24-18-5-3-4-17(14-18)23-2)21-8-11-22(12-9-21,13-10-21)20-25-19(26-27-20)16-6-7-16/h3-5,14-16,24H,6-13H2,1H3. The number of hydrogen-bond acceptors (Lipinski definition) is 4. The predicted molar refractivity (Wildman–Crippen MR) is 104 cm³/mol. The molecule has 4 aliphatic carbocycles. The number of anilines is 1. The summed E-state index contributed by atoms with van der Waals surface area (Å²) in [6, 6.07) is 8.22. The molecule has 0 saturated heterocycles. The summed E-state index contributed by atoms with van der Waals surface area (Å²) in [5, 5.41) is 7.95. The predicted octanol–water partition coefficient (Wildman–Crippen LogP) is 5.59. The van der Waals surface area contributed by atoms with Crippen LogP contribution in [0.5, 0.6) is 0 Å². The van der Waals surface area contributed by atoms with Crippen LogP contribution in [0.3, 0.4) is 0 Å². The lowest BCUT2D eigenvalue weighted by Crippen LogP contribution is -2.51. The highest BCUT2D eigenvalue weighted by Crippen LogP contribution is 2.59. The van der Waals surface area contributed by atoms with Gasteiger partial charge in [0.1, 0.15) is 0 Å². The summed E-state index contributed by atoms with van der Waals surface area (Å²) in [6.45, 7) is 9.52. The topological polar surface area (TPSA) is 55.3 Å². The van der Waals surface area contributed by atoms with E-state index in [0.717, 1.165) is 36.7 Å². The minimum Gasteiger partial charge on any atom is -0.383 e. The normalized spacial score (nSPS) is 30.7. The number of nitrogens with zero attached hydrogens (tertiary/aromatic N) is 3. The first-order valence-electron chi connectivity index (χ1n) is 10.2. The van der Waals surface area contributed by atoms with Crippen molar-refractivity contribution in [3.8, 4) is 0 Å². The third kappa shape index (κ3) is 2.82. The molecule has 140 valence electrons. The number of nitrogens with one attached hydrogen (secondary N) is 1. The fourth-order valence-corrected chi connectivity index (χ4v) is 5.21. The van der Waals surface area contributed by atoms with Gasteiger partial charge >= 0.3 is 0 Å². The van der Waals surface area contributed by atoms with Crippen molar-refractivity contribution in [3.63, 3.8) is 0 Å². The lowest BCUT2D eigenvalue weighted by atomic mass is 9.51. The van der Waals surface area contributed by atoms with Gasteiger partial charge in [0.15, 0.2) is 11.5 Å². The molecule has 0 spiro atoms. The van der Waals surface area contributed by atoms with E-state index in [9.17, 15) is 0 Å². The Hall–Kier alpha value is -2.35. The Morgan fingerprint density at radius 1 is 1.19 bits per heavy atom. The van der Waals surface area contributed by atoms with Crippen LogP contribution in [-0.2, 0) is 5.41 Å². The zero-order valence-corrected chi connectivity index (χ0v) is 15.9. The Bertz CT molecular complexity index is 867. The van der Waals surface area contributed by atoms with Crippen LogP contribution in [0.1, 0.15) is 75.9 Å². The zero-order valence-electron chi connectivity index (χ0n) is 15.9. The van der Waals surface area contributed by atoms with E-state index in [0.29, 0.717) is 23.1 Å². The number of aromatic nitrogens is 2. The van der Waals surface area contributed by atoms with Crippen LogP contribution in [0.25, 0.3) is 4.85 Å². The number of rotatable bonds is 5. The van der Waals surface area contributed by atoms with Gasteiger partial charge in [-0.2, -0.15) is 4.98 Å². The average Bonchev–Trinajstić information content (AvgIpc) is 3.45. The average molecular weight is 362 g/mol. The molecular formula is C22H26N4O. The lowest BCUT2D eigenvalue weighted by Gasteiger charge is -2.54. The molecule has 0 radical (unpaired) electrons. The molecule has 2 aromatic rings. The van der Waals surface area contributed by atoms with Crippen LogP contribution < -0.4 is 5.32 Å². The van der Waals surface area contributed by atoms with E-state index in [1.807, 2.05) is 18.2 Å². The molecule has 1 atom stereocenters. The van der Waals surface area contributed by atoms with Crippen molar-refractivity contribution >= 4 is 11.4 Å². The molecule has 1 N–H and O–H groups in total. The van der Waals surface area contributed by atoms with E-state index in [1.54, 1.807) is 0 Å². The Labute approximate surface area is 160 Å². The van der Waals surface area contributed by atoms with Crippen molar-refractivity contribution in [2.75, 3.05) is 5.32 Å². The van der Waals surface area contributed by atoms with Gasteiger partial charge in [0, 0.05) is 23.1 Å². The minimum absolute atomic E-state index is 0.117. The first kappa shape index (κ1) is 16.8. The quantitative estimate of drug-likeness (QED) is 0.704. The molecule has 5 nitrogen and oxygen atoms in total. The van der Waals surface area contributed by atoms with Gasteiger partial charge in [-0.05, 0) is 75.8 Å². The van der Waals surface area contributed by atoms with Crippen LogP contribution in [0.15, 0.2) is 28.8 Å². The number of benzene rings is 1. The molecule has 1 aromatic heterocycles. The molecular weight excluding hydrogens is 336 g/mol. The van der Waals surface area contributed by atoms with Crippen molar-refractivity contribution in [2.24, 2.45) is 5.41 Å². The number of hydrogen-bond donors (Lipinski definition) is 1. The summed E-state index contributed by atoms with van der Waals surface area (Å²) >= 11 is 0. The largest absolute Gasteiger partial charge is 0.383 e. The third-order valence-electron chi connectivity index (χ3n) is 7.42. The molecule has 0 aliphatic heterocycles. The molecule has 4 aliphatic rings. The monoisotopic (exact) mass is 362 g/mol. The number of fused-ring (bicyclic) bond motifs is 3. The molecule has 27 heavy (non-hydrogen) atoms. The van der Waals surface area contributed by atoms with Crippen molar-refractivity contribution in [2.45, 2.75) is 75.7 Å². The van der Waals surface area contributed by atoms with Gasteiger partial charge in [-0.25, -0.2) is 4.85 Å². The van der Waals surface area contributed by atoms with Crippen LogP contribution in [0, 0.1) is 12.0 Å². The highest BCUT2D eigenvalue weighted by atomic mass is 16.5. The van der Waals surface area contributed by atoms with Gasteiger partial charge in [0.25, 0.3) is 0 Å². The van der Waals surface area contributed by atoms with Gasteiger partial charge in [-0.1, -0.05) is 17.3 Å². The van der Waals surface area contributed by atoms with E-state index in [4.69, 9.17) is 16.1 Å². The Morgan fingerprint density at radius 2 is 1.93 bits per heavy atom. The van der Waals surface area contributed by atoms with Gasteiger partial charge in [-0.15, -0.1) is 0 Å². The fourth-order valence-electron chi connectivity index (χ4n) is 5.21. The van der Waals surface area contributed by atoms with Crippen molar-refractivity contribution < 1.29 is 4.52 Å². The lowest BCUT2D eigenvalue weighted by molar-refractivity contribution is 0.0126. The SMILES string of the molecule is [C-]#[N+]c1cccc(NC(C)C23CCC(c4nc(C5CC5)no4)(CC2)CC3)c1. The highest BCUT2D eigenvalue weighted by Gasteiger charge is 2.54. The molecule has 0 amide bonds. The van der Waals surface area contributed by atoms with Gasteiger partial charge in [0.2, 0.25) is 5.89 Å². The van der Waals surface area contributed by atoms with E-state index in [1.165, 1.54) is 32.1 Å². The maximum atomic E-state index is 7.21. The Morgan fingerprint density at radius 3 is 2.59 bits per heavy atom. The van der Waals surface area contributed by atoms with Crippen molar-refractivity contribution in [1.29, 1.82) is 0 Å². The first-order chi connectivity index (χ1) is 13.1. The molecule has 4 fully saturated rings. The van der Waals surface area contributed by atoms with Crippen molar-refractivity contribution in [3.05, 3.63) is 47.4 Å². The molecule has 6 rings (SSSR count). The van der Waals surface area contributed by atoms with E-state index >= 15 is 0 Å². The Kier molecular flexibility index (Phi) is 3.79. The van der Waals surface area contributed by atoms with Crippen LogP contribution in [-0.4, -0.2) is 16.2 Å². The van der Waals surface area contributed by atoms with Gasteiger partial charge < -0.3 is 9.84 Å². The molecule has 1 aromatic carbocycles. The summed E-state index contributed by atoms with van der Waals surface area (Å²) in [4.78, 5) is 8.34. The maximum absolute atomic E-state index is 7.21. The second-order valence-electron chi connectivity index (χ2n) is 8.90. The molecule has 1 heterocycles. The smallest absolute Gasteiger partial charge is 0.232 e. The minimum atomic E-state index is 0.117. The van der Waals surface area contributed by atoms with Crippen LogP contribution >= 0.6 is 0 Å². The summed E-state index contributed by atoms with van der Waals surface area (Å²) in [5.74, 6) is 2.40. The van der Waals surface area contributed by atoms with E-state index < -0.39 is 0 Å². The fraction of sp³-hybridized carbons (Fsp3) is 0.591. The van der Waals surface area contributed by atoms with Crippen LogP contribution in [0.2, 0.25) is 0 Å². The second-order valence-corrected chi connectivity index (χ2v) is 8.90. The maximum Gasteiger partial charge on any atom is 0.232 e. The third-order valence-corrected chi connectivity index (χ3v) is 7.42. The molecule has 5 heteroatoms. The highest BCUT2D eigenvalue weighted by molar-refractivity contribution is 5.57. The van der Waals surface area contributed by atoms with Gasteiger partial charge in [0.05, 0.1) is 6.57 Å². The molecule has 4 saturated carbocycles. The van der Waals surface area contributed by atoms with Gasteiger partial charge in [-0.3, -0.25) is 0 Å². The Balaban J connectivity index is 1.30. The molecule has 1 unspecified atom stereocenters. The van der Waals surface area contributed by atoms with E-state index in [2.05, 4.69) is 28.3 Å². The first-order valence-corrected chi connectivity index (χ1v) is 10.2. The summed E-state index contributed by atoms with van der Waals surface area (Å²) < 4.78 is 5.73. The second kappa shape index (κ2) is 6.09. The van der Waals surface area contributed by atoms with E-state index in [-0.39, 0.29) is 5.41 Å². The zero-order chi connectivity index (χ0) is 18.5. The van der Waals surface area contributed by atoms with Crippen molar-refractivity contribution in [1.82, 2.24) is 10.1 Å². The molecule has 2 bridgehead atoms. The van der Waals surface area contributed by atoms with Crippen LogP contribution in [0.4, 0.5) is 11.4 Å².